The summed E-state index contributed by atoms with van der Waals surface area (Å²) in [5.41, 5.74) is 10.4. The van der Waals surface area contributed by atoms with Crippen molar-refractivity contribution in [3.8, 4) is 0 Å². The molecule has 1 heterocycles. The Hall–Kier alpha value is -0.940. The molecule has 0 fully saturated rings. The predicted octanol–water partition coefficient (Wildman–Crippen LogP) is 1.71. The van der Waals surface area contributed by atoms with Gasteiger partial charge in [0.05, 0.1) is 22.0 Å². The minimum Gasteiger partial charge on any atom is -0.397 e. The average Bonchev–Trinajstić information content (AvgIpc) is 2.04. The molecule has 6 heteroatoms. The van der Waals surface area contributed by atoms with Gasteiger partial charge in [-0.25, -0.2) is 8.78 Å². The van der Waals surface area contributed by atoms with Crippen LogP contribution in [0.5, 0.6) is 0 Å². The van der Waals surface area contributed by atoms with Crippen LogP contribution >= 0.6 is 11.6 Å². The van der Waals surface area contributed by atoms with Crippen molar-refractivity contribution in [3.63, 3.8) is 0 Å². The lowest BCUT2D eigenvalue weighted by molar-refractivity contribution is 0.152. The van der Waals surface area contributed by atoms with Gasteiger partial charge in [-0.2, -0.15) is 0 Å². The van der Waals surface area contributed by atoms with E-state index in [4.69, 9.17) is 23.1 Å². The molecule has 0 aliphatic rings. The number of nitrogens with zero attached hydrogens (tertiary/aromatic N) is 1. The lowest BCUT2D eigenvalue weighted by Gasteiger charge is -2.09. The highest BCUT2D eigenvalue weighted by Gasteiger charge is 2.18. The molecule has 72 valence electrons. The second kappa shape index (κ2) is 3.85. The summed E-state index contributed by atoms with van der Waals surface area (Å²) >= 11 is 5.49. The number of anilines is 1. The van der Waals surface area contributed by atoms with Crippen LogP contribution in [0, 0.1) is 0 Å². The van der Waals surface area contributed by atoms with Crippen molar-refractivity contribution in [2.24, 2.45) is 5.73 Å². The smallest absolute Gasteiger partial charge is 0.267 e. The van der Waals surface area contributed by atoms with Crippen LogP contribution in [0.25, 0.3) is 0 Å². The molecule has 0 bridgehead atoms. The van der Waals surface area contributed by atoms with Crippen molar-refractivity contribution in [2.75, 3.05) is 5.73 Å². The summed E-state index contributed by atoms with van der Waals surface area (Å²) in [6, 6.07) is 0. The fourth-order valence-electron chi connectivity index (χ4n) is 0.942. The number of nitrogens with two attached hydrogens (primary N) is 2. The summed E-state index contributed by atoms with van der Waals surface area (Å²) in [5.74, 6) is 0. The Morgan fingerprint density at radius 1 is 1.54 bits per heavy atom. The third-order valence-electron chi connectivity index (χ3n) is 1.60. The first-order chi connectivity index (χ1) is 6.07. The summed E-state index contributed by atoms with van der Waals surface area (Å²) in [5, 5.41) is -0.135. The highest BCUT2D eigenvalue weighted by molar-refractivity contribution is 6.31. The van der Waals surface area contributed by atoms with Crippen LogP contribution in [-0.2, 0) is 6.54 Å². The molecule has 0 spiro atoms. The zero-order valence-corrected chi connectivity index (χ0v) is 7.35. The molecular weight excluding hydrogens is 200 g/mol. The number of aromatic nitrogens is 1. The highest BCUT2D eigenvalue weighted by Crippen LogP contribution is 2.32. The largest absolute Gasteiger partial charge is 0.397 e. The molecule has 0 atom stereocenters. The number of hydrogen-bond donors (Lipinski definition) is 2. The first-order valence-electron chi connectivity index (χ1n) is 3.49. The molecule has 1 aromatic heterocycles. The minimum atomic E-state index is -2.71. The van der Waals surface area contributed by atoms with Crippen molar-refractivity contribution in [1.82, 2.24) is 4.98 Å². The van der Waals surface area contributed by atoms with Crippen molar-refractivity contribution >= 4 is 17.3 Å². The maximum atomic E-state index is 12.4. The van der Waals surface area contributed by atoms with E-state index in [-0.39, 0.29) is 22.9 Å². The summed E-state index contributed by atoms with van der Waals surface area (Å²) < 4.78 is 24.7. The first kappa shape index (κ1) is 10.1. The minimum absolute atomic E-state index is 0.0166. The lowest BCUT2D eigenvalue weighted by atomic mass is 10.2. The summed E-state index contributed by atoms with van der Waals surface area (Å²) in [6.45, 7) is 0.0166. The molecule has 0 saturated carbocycles. The molecule has 0 aliphatic heterocycles. The molecule has 3 nitrogen and oxygen atoms in total. The Morgan fingerprint density at radius 2 is 2.15 bits per heavy atom. The van der Waals surface area contributed by atoms with Gasteiger partial charge in [0, 0.05) is 12.7 Å². The molecule has 1 aromatic rings. The number of alkyl halides is 2. The molecule has 0 unspecified atom stereocenters. The van der Waals surface area contributed by atoms with Crippen LogP contribution in [-0.4, -0.2) is 4.98 Å². The van der Waals surface area contributed by atoms with Gasteiger partial charge in [0.25, 0.3) is 6.43 Å². The van der Waals surface area contributed by atoms with Gasteiger partial charge in [-0.15, -0.1) is 0 Å². The first-order valence-corrected chi connectivity index (χ1v) is 3.86. The lowest BCUT2D eigenvalue weighted by Crippen LogP contribution is -2.08. The van der Waals surface area contributed by atoms with E-state index in [1.807, 2.05) is 0 Å². The number of nitrogen functional groups attached to an aromatic ring is 1. The van der Waals surface area contributed by atoms with E-state index in [1.54, 1.807) is 0 Å². The maximum absolute atomic E-state index is 12.4. The fraction of sp³-hybridized carbons (Fsp3) is 0.286. The van der Waals surface area contributed by atoms with Crippen molar-refractivity contribution in [3.05, 3.63) is 22.5 Å². The Labute approximate surface area is 78.7 Å². The number of halogens is 3. The van der Waals surface area contributed by atoms with E-state index in [9.17, 15) is 8.78 Å². The van der Waals surface area contributed by atoms with Gasteiger partial charge >= 0.3 is 0 Å². The zero-order valence-electron chi connectivity index (χ0n) is 6.60. The van der Waals surface area contributed by atoms with Gasteiger partial charge in [-0.05, 0) is 0 Å². The summed E-state index contributed by atoms with van der Waals surface area (Å²) in [6.07, 6.45) is -1.58. The van der Waals surface area contributed by atoms with E-state index in [2.05, 4.69) is 4.98 Å². The number of rotatable bonds is 2. The van der Waals surface area contributed by atoms with E-state index in [0.717, 1.165) is 6.20 Å². The molecule has 13 heavy (non-hydrogen) atoms. The van der Waals surface area contributed by atoms with Gasteiger partial charge in [-0.1, -0.05) is 11.6 Å². The van der Waals surface area contributed by atoms with Gasteiger partial charge in [0.2, 0.25) is 0 Å². The zero-order chi connectivity index (χ0) is 10.0. The van der Waals surface area contributed by atoms with E-state index >= 15 is 0 Å². The third kappa shape index (κ3) is 1.87. The van der Waals surface area contributed by atoms with Crippen molar-refractivity contribution in [2.45, 2.75) is 13.0 Å². The van der Waals surface area contributed by atoms with Crippen molar-refractivity contribution < 1.29 is 8.78 Å². The molecule has 4 N–H and O–H groups in total. The standard InChI is InChI=1S/C7H8ClF2N3/c8-3-2-13-4(1-11)6(12)5(3)7(9)10/h2,7H,1,11-12H2. The van der Waals surface area contributed by atoms with E-state index < -0.39 is 12.0 Å². The highest BCUT2D eigenvalue weighted by atomic mass is 35.5. The van der Waals surface area contributed by atoms with Gasteiger partial charge in [-0.3, -0.25) is 4.98 Å². The molecule has 0 amide bonds. The second-order valence-electron chi connectivity index (χ2n) is 2.39. The maximum Gasteiger partial charge on any atom is 0.267 e. The molecule has 0 radical (unpaired) electrons. The fourth-order valence-corrected chi connectivity index (χ4v) is 1.18. The molecule has 0 aliphatic carbocycles. The Bertz CT molecular complexity index is 317. The second-order valence-corrected chi connectivity index (χ2v) is 2.79. The van der Waals surface area contributed by atoms with Gasteiger partial charge in [0.1, 0.15) is 0 Å². The van der Waals surface area contributed by atoms with Crippen LogP contribution in [0.1, 0.15) is 17.7 Å². The number of pyridine rings is 1. The summed E-state index contributed by atoms with van der Waals surface area (Å²) in [7, 11) is 0. The van der Waals surface area contributed by atoms with Crippen LogP contribution in [0.2, 0.25) is 5.02 Å². The third-order valence-corrected chi connectivity index (χ3v) is 1.90. The SMILES string of the molecule is NCc1ncc(Cl)c(C(F)F)c1N. The Balaban J connectivity index is 3.30. The van der Waals surface area contributed by atoms with Crippen molar-refractivity contribution in [1.29, 1.82) is 0 Å². The molecular formula is C7H8ClF2N3. The topological polar surface area (TPSA) is 64.9 Å². The van der Waals surface area contributed by atoms with Crippen LogP contribution in [0.15, 0.2) is 6.20 Å². The van der Waals surface area contributed by atoms with Gasteiger partial charge in [0.15, 0.2) is 0 Å². The average molecular weight is 208 g/mol. The normalized spacial score (nSPS) is 10.8. The van der Waals surface area contributed by atoms with Crippen LogP contribution < -0.4 is 11.5 Å². The van der Waals surface area contributed by atoms with Gasteiger partial charge < -0.3 is 11.5 Å². The molecule has 1 rings (SSSR count). The van der Waals surface area contributed by atoms with E-state index in [0.29, 0.717) is 0 Å². The van der Waals surface area contributed by atoms with E-state index in [1.165, 1.54) is 0 Å². The number of hydrogen-bond acceptors (Lipinski definition) is 3. The monoisotopic (exact) mass is 207 g/mol. The Kier molecular flexibility index (Phi) is 3.00. The predicted molar refractivity (Wildman–Crippen MR) is 46.5 cm³/mol. The van der Waals surface area contributed by atoms with Crippen LogP contribution in [0.4, 0.5) is 14.5 Å². The molecule has 0 saturated heterocycles. The Morgan fingerprint density at radius 3 is 2.62 bits per heavy atom. The van der Waals surface area contributed by atoms with Crippen LogP contribution in [0.3, 0.4) is 0 Å². The summed E-state index contributed by atoms with van der Waals surface area (Å²) in [4.78, 5) is 3.72. The quantitative estimate of drug-likeness (QED) is 0.776. The molecule has 0 aromatic carbocycles.